The Morgan fingerprint density at radius 1 is 1.22 bits per heavy atom. The van der Waals surface area contributed by atoms with Crippen LogP contribution < -0.4 is 10.6 Å². The van der Waals surface area contributed by atoms with E-state index >= 15 is 0 Å². The van der Waals surface area contributed by atoms with Crippen molar-refractivity contribution in [1.82, 2.24) is 15.5 Å². The third kappa shape index (κ3) is 7.21. The lowest BCUT2D eigenvalue weighted by Gasteiger charge is -2.26. The van der Waals surface area contributed by atoms with Crippen LogP contribution in [-0.4, -0.2) is 56.7 Å². The molecule has 27 heavy (non-hydrogen) atoms. The van der Waals surface area contributed by atoms with Gasteiger partial charge in [-0.15, -0.1) is 0 Å². The van der Waals surface area contributed by atoms with Crippen molar-refractivity contribution in [2.75, 3.05) is 39.9 Å². The van der Waals surface area contributed by atoms with Crippen LogP contribution in [0.3, 0.4) is 0 Å². The Kier molecular flexibility index (Phi) is 9.11. The molecule has 1 aromatic rings. The quantitative estimate of drug-likeness (QED) is 0.542. The normalized spacial score (nSPS) is 15.4. The minimum atomic E-state index is -0.0381. The van der Waals surface area contributed by atoms with Crippen LogP contribution in [0.2, 0.25) is 0 Å². The van der Waals surface area contributed by atoms with Gasteiger partial charge in [0.2, 0.25) is 0 Å². The number of benzene rings is 1. The number of rotatable bonds is 8. The molecular formula is C21H34N4O2. The zero-order chi connectivity index (χ0) is 19.5. The number of guanidine groups is 1. The molecule has 0 spiro atoms. The Balaban J connectivity index is 1.95. The van der Waals surface area contributed by atoms with Gasteiger partial charge in [0.15, 0.2) is 5.96 Å². The zero-order valence-electron chi connectivity index (χ0n) is 17.0. The highest BCUT2D eigenvalue weighted by molar-refractivity contribution is 5.94. The highest BCUT2D eigenvalue weighted by atomic mass is 16.5. The van der Waals surface area contributed by atoms with Crippen molar-refractivity contribution in [3.05, 3.63) is 35.4 Å². The average Bonchev–Trinajstić information content (AvgIpc) is 2.70. The van der Waals surface area contributed by atoms with Crippen LogP contribution in [0.25, 0.3) is 0 Å². The number of carbonyl (C=O) groups excluding carboxylic acids is 1. The first-order valence-corrected chi connectivity index (χ1v) is 10.1. The van der Waals surface area contributed by atoms with Crippen molar-refractivity contribution in [3.63, 3.8) is 0 Å². The van der Waals surface area contributed by atoms with Gasteiger partial charge in [0.05, 0.1) is 6.54 Å². The Morgan fingerprint density at radius 2 is 1.96 bits per heavy atom. The van der Waals surface area contributed by atoms with Gasteiger partial charge >= 0.3 is 0 Å². The molecular weight excluding hydrogens is 340 g/mol. The molecule has 0 atom stereocenters. The lowest BCUT2D eigenvalue weighted by atomic mass is 9.96. The summed E-state index contributed by atoms with van der Waals surface area (Å²) in [6.45, 7) is 8.78. The van der Waals surface area contributed by atoms with Gasteiger partial charge < -0.3 is 20.3 Å². The van der Waals surface area contributed by atoms with Crippen molar-refractivity contribution in [2.45, 2.75) is 39.7 Å². The van der Waals surface area contributed by atoms with Crippen LogP contribution in [-0.2, 0) is 11.3 Å². The minimum Gasteiger partial charge on any atom is -0.381 e. The Morgan fingerprint density at radius 3 is 2.67 bits per heavy atom. The third-order valence-corrected chi connectivity index (χ3v) is 4.85. The van der Waals surface area contributed by atoms with Gasteiger partial charge in [-0.25, -0.2) is 4.99 Å². The molecule has 150 valence electrons. The molecule has 6 heteroatoms. The molecule has 0 bridgehead atoms. The molecule has 1 aliphatic rings. The topological polar surface area (TPSA) is 66.0 Å². The predicted octanol–water partition coefficient (Wildman–Crippen LogP) is 2.65. The van der Waals surface area contributed by atoms with Crippen molar-refractivity contribution in [1.29, 1.82) is 0 Å². The summed E-state index contributed by atoms with van der Waals surface area (Å²) < 4.78 is 5.44. The van der Waals surface area contributed by atoms with Crippen LogP contribution in [0.4, 0.5) is 0 Å². The lowest BCUT2D eigenvalue weighted by molar-refractivity contribution is 0.0625. The number of ether oxygens (including phenoxy) is 1. The number of aliphatic imine (C=N–C) groups is 1. The van der Waals surface area contributed by atoms with E-state index in [1.54, 1.807) is 0 Å². The molecule has 0 aliphatic carbocycles. The molecule has 2 N–H and O–H groups in total. The van der Waals surface area contributed by atoms with Gasteiger partial charge in [-0.05, 0) is 56.7 Å². The molecule has 1 aromatic carbocycles. The summed E-state index contributed by atoms with van der Waals surface area (Å²) in [5.41, 5.74) is 1.72. The summed E-state index contributed by atoms with van der Waals surface area (Å²) in [6.07, 6.45) is 3.49. The summed E-state index contributed by atoms with van der Waals surface area (Å²) in [4.78, 5) is 19.0. The van der Waals surface area contributed by atoms with E-state index in [0.29, 0.717) is 18.7 Å². The van der Waals surface area contributed by atoms with E-state index in [4.69, 9.17) is 9.73 Å². The Bertz CT molecular complexity index is 612. The van der Waals surface area contributed by atoms with E-state index < -0.39 is 0 Å². The summed E-state index contributed by atoms with van der Waals surface area (Å²) in [5.74, 6) is 1.62. The molecule has 6 nitrogen and oxygen atoms in total. The SMILES string of the molecule is CCNC(=O)c1cccc(CN=C(NCC)N(C)CCC2CCOCC2)c1. The van der Waals surface area contributed by atoms with Crippen molar-refractivity contribution >= 4 is 11.9 Å². The van der Waals surface area contributed by atoms with Gasteiger partial charge in [0, 0.05) is 45.5 Å². The van der Waals surface area contributed by atoms with E-state index in [2.05, 4.69) is 29.5 Å². The van der Waals surface area contributed by atoms with E-state index in [9.17, 15) is 4.79 Å². The minimum absolute atomic E-state index is 0.0381. The van der Waals surface area contributed by atoms with Gasteiger partial charge in [0.25, 0.3) is 5.91 Å². The maximum Gasteiger partial charge on any atom is 0.251 e. The van der Waals surface area contributed by atoms with E-state index in [0.717, 1.165) is 63.0 Å². The number of nitrogens with one attached hydrogen (secondary N) is 2. The highest BCUT2D eigenvalue weighted by Crippen LogP contribution is 2.18. The van der Waals surface area contributed by atoms with Crippen molar-refractivity contribution in [2.24, 2.45) is 10.9 Å². The molecule has 1 heterocycles. The maximum atomic E-state index is 12.0. The largest absolute Gasteiger partial charge is 0.381 e. The summed E-state index contributed by atoms with van der Waals surface area (Å²) in [6, 6.07) is 7.68. The van der Waals surface area contributed by atoms with Gasteiger partial charge in [-0.1, -0.05) is 12.1 Å². The second kappa shape index (κ2) is 11.6. The van der Waals surface area contributed by atoms with E-state index in [1.807, 2.05) is 31.2 Å². The Labute approximate surface area is 163 Å². The van der Waals surface area contributed by atoms with Gasteiger partial charge in [-0.3, -0.25) is 4.79 Å². The molecule has 0 radical (unpaired) electrons. The van der Waals surface area contributed by atoms with Gasteiger partial charge in [-0.2, -0.15) is 0 Å². The molecule has 2 rings (SSSR count). The highest BCUT2D eigenvalue weighted by Gasteiger charge is 2.15. The molecule has 0 unspecified atom stereocenters. The van der Waals surface area contributed by atoms with Crippen molar-refractivity contribution in [3.8, 4) is 0 Å². The second-order valence-electron chi connectivity index (χ2n) is 7.00. The summed E-state index contributed by atoms with van der Waals surface area (Å²) in [7, 11) is 2.09. The maximum absolute atomic E-state index is 12.0. The van der Waals surface area contributed by atoms with Gasteiger partial charge in [0.1, 0.15) is 0 Å². The number of carbonyl (C=O) groups is 1. The summed E-state index contributed by atoms with van der Waals surface area (Å²) >= 11 is 0. The fraction of sp³-hybridized carbons (Fsp3) is 0.619. The Hall–Kier alpha value is -2.08. The second-order valence-corrected chi connectivity index (χ2v) is 7.00. The molecule has 0 saturated carbocycles. The molecule has 1 aliphatic heterocycles. The van der Waals surface area contributed by atoms with Crippen LogP contribution in [0, 0.1) is 5.92 Å². The molecule has 1 amide bonds. The van der Waals surface area contributed by atoms with Crippen LogP contribution >= 0.6 is 0 Å². The molecule has 1 saturated heterocycles. The first-order chi connectivity index (χ1) is 13.1. The monoisotopic (exact) mass is 374 g/mol. The number of hydrogen-bond acceptors (Lipinski definition) is 3. The van der Waals surface area contributed by atoms with E-state index in [-0.39, 0.29) is 5.91 Å². The average molecular weight is 375 g/mol. The number of hydrogen-bond donors (Lipinski definition) is 2. The third-order valence-electron chi connectivity index (χ3n) is 4.85. The first kappa shape index (κ1) is 21.2. The number of nitrogens with zero attached hydrogens (tertiary/aromatic N) is 2. The fourth-order valence-electron chi connectivity index (χ4n) is 3.23. The zero-order valence-corrected chi connectivity index (χ0v) is 17.0. The lowest BCUT2D eigenvalue weighted by Crippen LogP contribution is -2.40. The fourth-order valence-corrected chi connectivity index (χ4v) is 3.23. The smallest absolute Gasteiger partial charge is 0.251 e. The van der Waals surface area contributed by atoms with Crippen LogP contribution in [0.5, 0.6) is 0 Å². The first-order valence-electron chi connectivity index (χ1n) is 10.1. The van der Waals surface area contributed by atoms with Crippen LogP contribution in [0.15, 0.2) is 29.3 Å². The van der Waals surface area contributed by atoms with Crippen LogP contribution in [0.1, 0.15) is 49.0 Å². The molecule has 0 aromatic heterocycles. The number of amides is 1. The predicted molar refractivity (Wildman–Crippen MR) is 110 cm³/mol. The summed E-state index contributed by atoms with van der Waals surface area (Å²) in [5, 5.41) is 6.21. The standard InChI is InChI=1S/C21H34N4O2/c1-4-22-20(26)19-8-6-7-18(15-19)16-24-21(23-5-2)25(3)12-9-17-10-13-27-14-11-17/h6-8,15,17H,4-5,9-14,16H2,1-3H3,(H,22,26)(H,23,24). The van der Waals surface area contributed by atoms with E-state index in [1.165, 1.54) is 0 Å². The van der Waals surface area contributed by atoms with Crippen molar-refractivity contribution < 1.29 is 9.53 Å². The molecule has 1 fully saturated rings.